The molecule has 0 saturated heterocycles. The van der Waals surface area contributed by atoms with Crippen LogP contribution >= 0.6 is 0 Å². The number of hydrogen-bond donors (Lipinski definition) is 4. The maximum absolute atomic E-state index is 9.75. The minimum atomic E-state index is -1.93. The van der Waals surface area contributed by atoms with Gasteiger partial charge in [0.2, 0.25) is 0 Å². The van der Waals surface area contributed by atoms with E-state index in [4.69, 9.17) is 40.2 Å². The highest BCUT2D eigenvalue weighted by Gasteiger charge is 2.16. The molecule has 0 aliphatic rings. The molecular formula is C9H18O16. The van der Waals surface area contributed by atoms with Gasteiger partial charge in [-0.25, -0.2) is 24.9 Å². The number of hydrogen-bond acceptors (Lipinski definition) is 14. The second kappa shape index (κ2) is 42.8. The van der Waals surface area contributed by atoms with Gasteiger partial charge in [-0.05, 0) is 34.0 Å². The SMILES string of the molecule is C.CC#CC.O=C(O)OC(=O)C(=O)O.O=C=O.O=O.OOOOOO.[HH].[HH]. The fourth-order valence-electron chi connectivity index (χ4n) is 0.148. The summed E-state index contributed by atoms with van der Waals surface area (Å²) >= 11 is 0. The first-order valence-electron chi connectivity index (χ1n) is 4.41. The molecule has 0 aromatic heterocycles. The lowest BCUT2D eigenvalue weighted by Gasteiger charge is -1.88. The van der Waals surface area contributed by atoms with E-state index < -0.39 is 18.1 Å². The van der Waals surface area contributed by atoms with Crippen LogP contribution in [0, 0.1) is 21.8 Å². The van der Waals surface area contributed by atoms with Gasteiger partial charge in [0.25, 0.3) is 0 Å². The van der Waals surface area contributed by atoms with Crippen molar-refractivity contribution in [1.29, 1.82) is 0 Å². The van der Waals surface area contributed by atoms with Crippen molar-refractivity contribution < 1.29 is 72.4 Å². The van der Waals surface area contributed by atoms with Gasteiger partial charge < -0.3 is 14.9 Å². The van der Waals surface area contributed by atoms with Crippen LogP contribution in [0.1, 0.15) is 24.1 Å². The number of aliphatic carboxylic acids is 1. The fraction of sp³-hybridized carbons (Fsp3) is 0.333. The zero-order valence-electron chi connectivity index (χ0n) is 11.7. The zero-order valence-corrected chi connectivity index (χ0v) is 11.7. The monoisotopic (exact) mass is 382 g/mol. The number of rotatable bonds is 3. The first-order valence-corrected chi connectivity index (χ1v) is 4.41. The van der Waals surface area contributed by atoms with Crippen molar-refractivity contribution in [1.82, 2.24) is 0 Å². The predicted molar refractivity (Wildman–Crippen MR) is 73.2 cm³/mol. The van der Waals surface area contributed by atoms with Crippen molar-refractivity contribution in [2.24, 2.45) is 0 Å². The molecule has 0 aromatic rings. The lowest BCUT2D eigenvalue weighted by atomic mass is 10.7. The summed E-state index contributed by atoms with van der Waals surface area (Å²) in [5, 5.41) is 41.3. The van der Waals surface area contributed by atoms with Gasteiger partial charge in [0.15, 0.2) is 0 Å². The Morgan fingerprint density at radius 2 is 1.16 bits per heavy atom. The number of carboxylic acid groups (broad SMARTS) is 2. The molecule has 16 nitrogen and oxygen atoms in total. The molecule has 25 heavy (non-hydrogen) atoms. The lowest BCUT2D eigenvalue weighted by Crippen LogP contribution is -2.19. The van der Waals surface area contributed by atoms with Gasteiger partial charge in [-0.2, -0.15) is 9.59 Å². The maximum Gasteiger partial charge on any atom is 0.514 e. The molecule has 0 amide bonds. The maximum atomic E-state index is 9.75. The molecule has 0 saturated carbocycles. The van der Waals surface area contributed by atoms with Crippen molar-refractivity contribution >= 4 is 24.2 Å². The topological polar surface area (TPSA) is 247 Å². The van der Waals surface area contributed by atoms with E-state index in [1.54, 1.807) is 0 Å². The van der Waals surface area contributed by atoms with Crippen LogP contribution in [0.5, 0.6) is 0 Å². The molecule has 0 fully saturated rings. The molecular weight excluding hydrogens is 364 g/mol. The highest BCUT2D eigenvalue weighted by atomic mass is 17.8. The van der Waals surface area contributed by atoms with Crippen LogP contribution < -0.4 is 0 Å². The molecule has 16 heteroatoms. The summed E-state index contributed by atoms with van der Waals surface area (Å²) in [7, 11) is 0. The van der Waals surface area contributed by atoms with Gasteiger partial charge >= 0.3 is 24.2 Å². The van der Waals surface area contributed by atoms with E-state index in [1.165, 1.54) is 0 Å². The van der Waals surface area contributed by atoms with Crippen LogP contribution in [-0.4, -0.2) is 45.0 Å². The van der Waals surface area contributed by atoms with Crippen molar-refractivity contribution in [2.75, 3.05) is 0 Å². The fourth-order valence-corrected chi connectivity index (χ4v) is 0.148. The van der Waals surface area contributed by atoms with Crippen LogP contribution in [0.4, 0.5) is 4.79 Å². The molecule has 0 radical (unpaired) electrons. The van der Waals surface area contributed by atoms with Gasteiger partial charge in [-0.3, -0.25) is 0 Å². The summed E-state index contributed by atoms with van der Waals surface area (Å²) in [6.45, 7) is 3.64. The standard InChI is InChI=1S/C4H6.C3H2O6.CO2.CH4.H2O6.O2.2H2/c1-3-4-2;4-1(5)2(6)9-3(7)8;2-1-3;;1-3-5-6-4-2;1-2;;/h1-2H3;(H,4,5)(H,7,8);;1H4;1-2H;;2*1H. The Bertz CT molecular complexity index is 400. The van der Waals surface area contributed by atoms with E-state index in [9.17, 15) is 14.4 Å². The second-order valence-electron chi connectivity index (χ2n) is 1.83. The van der Waals surface area contributed by atoms with E-state index in [2.05, 4.69) is 36.7 Å². The molecule has 0 aromatic carbocycles. The van der Waals surface area contributed by atoms with Crippen molar-refractivity contribution in [2.45, 2.75) is 21.3 Å². The van der Waals surface area contributed by atoms with Crippen LogP contribution in [0.2, 0.25) is 0 Å². The van der Waals surface area contributed by atoms with Gasteiger partial charge in [-0.15, -0.1) is 11.8 Å². The second-order valence-corrected chi connectivity index (χ2v) is 1.83. The largest absolute Gasteiger partial charge is 0.514 e. The lowest BCUT2D eigenvalue weighted by molar-refractivity contribution is -0.749. The summed E-state index contributed by atoms with van der Waals surface area (Å²) in [5.41, 5.74) is 0. The number of ether oxygens (including phenoxy) is 1. The first-order chi connectivity index (χ1) is 11.3. The third-order valence-corrected chi connectivity index (χ3v) is 0.693. The number of esters is 1. The van der Waals surface area contributed by atoms with Gasteiger partial charge in [0.1, 0.15) is 0 Å². The van der Waals surface area contributed by atoms with E-state index in [1.807, 2.05) is 13.8 Å². The molecule has 0 heterocycles. The Morgan fingerprint density at radius 3 is 1.24 bits per heavy atom. The van der Waals surface area contributed by atoms with Crippen molar-refractivity contribution in [3.63, 3.8) is 0 Å². The average molecular weight is 382 g/mol. The summed E-state index contributed by atoms with van der Waals surface area (Å²) < 4.78 is 3.19. The summed E-state index contributed by atoms with van der Waals surface area (Å²) in [6.07, 6.45) is -1.68. The normalized spacial score (nSPS) is 6.08. The Kier molecular flexibility index (Phi) is 64.6. The minimum Gasteiger partial charge on any atom is -0.473 e. The zero-order chi connectivity index (χ0) is 20.4. The number of carbonyl (C=O) groups is 3. The van der Waals surface area contributed by atoms with Crippen LogP contribution in [0.25, 0.3) is 0 Å². The molecule has 0 spiro atoms. The number of carboxylic acids is 1. The van der Waals surface area contributed by atoms with Crippen LogP contribution in [0.3, 0.4) is 0 Å². The highest BCUT2D eigenvalue weighted by molar-refractivity contribution is 6.30. The molecule has 0 aliphatic heterocycles. The van der Waals surface area contributed by atoms with Gasteiger partial charge in [-0.1, -0.05) is 7.43 Å². The number of carbonyl (C=O) groups excluding carboxylic acids is 3. The molecule has 0 rings (SSSR count). The Balaban J connectivity index is -0.0000000296. The predicted octanol–water partition coefficient (Wildman–Crippen LogP) is 0.677. The van der Waals surface area contributed by atoms with E-state index in [-0.39, 0.29) is 16.4 Å². The Hall–Kier alpha value is -3.29. The Labute approximate surface area is 141 Å². The summed E-state index contributed by atoms with van der Waals surface area (Å²) in [4.78, 5) is 58.9. The molecule has 0 aliphatic carbocycles. The molecule has 0 bridgehead atoms. The van der Waals surface area contributed by atoms with E-state index >= 15 is 0 Å². The summed E-state index contributed by atoms with van der Waals surface area (Å²) in [6, 6.07) is 0. The quantitative estimate of drug-likeness (QED) is 0.0995. The van der Waals surface area contributed by atoms with E-state index in [0.717, 1.165) is 0 Å². The molecule has 150 valence electrons. The van der Waals surface area contributed by atoms with Gasteiger partial charge in [0, 0.05) is 12.8 Å². The molecule has 0 atom stereocenters. The van der Waals surface area contributed by atoms with Crippen LogP contribution in [-0.2, 0) is 44.1 Å². The van der Waals surface area contributed by atoms with Crippen molar-refractivity contribution in [3.05, 3.63) is 9.93 Å². The molecule has 4 N–H and O–H groups in total. The minimum absolute atomic E-state index is 0. The summed E-state index contributed by atoms with van der Waals surface area (Å²) in [5.74, 6) is 1.62. The third kappa shape index (κ3) is 95.6. The van der Waals surface area contributed by atoms with Crippen LogP contribution in [0.15, 0.2) is 0 Å². The first kappa shape index (κ1) is 37.7. The highest BCUT2D eigenvalue weighted by Crippen LogP contribution is 1.77. The van der Waals surface area contributed by atoms with E-state index in [0.29, 0.717) is 0 Å². The average Bonchev–Trinajstić information content (AvgIpc) is 2.55. The smallest absolute Gasteiger partial charge is 0.473 e. The van der Waals surface area contributed by atoms with Crippen molar-refractivity contribution in [3.8, 4) is 11.8 Å². The Morgan fingerprint density at radius 1 is 0.880 bits per heavy atom. The third-order valence-electron chi connectivity index (χ3n) is 0.693. The van der Waals surface area contributed by atoms with Gasteiger partial charge in [0.05, 0.1) is 0 Å². The molecule has 0 unspecified atom stereocenters.